The van der Waals surface area contributed by atoms with Crippen LogP contribution in [-0.2, 0) is 4.79 Å². The number of carbonyl (C=O) groups is 1. The van der Waals surface area contributed by atoms with Crippen molar-refractivity contribution in [1.82, 2.24) is 5.32 Å². The summed E-state index contributed by atoms with van der Waals surface area (Å²) in [6.45, 7) is 5.25. The van der Waals surface area contributed by atoms with Crippen LogP contribution in [0.4, 0.5) is 0 Å². The summed E-state index contributed by atoms with van der Waals surface area (Å²) in [6.07, 6.45) is 25.7. The van der Waals surface area contributed by atoms with Gasteiger partial charge in [-0.2, -0.15) is 0 Å². The molecule has 0 spiro atoms. The fraction of sp³-hybridized carbons (Fsp3) is 0.828. The highest BCUT2D eigenvalue weighted by Gasteiger charge is 1.99. The van der Waals surface area contributed by atoms with Crippen LogP contribution in [0.5, 0.6) is 0 Å². The molecule has 0 aromatic carbocycles. The number of unbranched alkanes of at least 4 members (excludes halogenated alkanes) is 17. The van der Waals surface area contributed by atoms with Gasteiger partial charge >= 0.3 is 0 Å². The van der Waals surface area contributed by atoms with Gasteiger partial charge in [-0.1, -0.05) is 116 Å². The zero-order valence-electron chi connectivity index (χ0n) is 21.0. The van der Waals surface area contributed by atoms with Crippen molar-refractivity contribution >= 4 is 5.91 Å². The summed E-state index contributed by atoms with van der Waals surface area (Å²) >= 11 is 0. The molecular weight excluding hydrogens is 378 g/mol. The molecule has 2 nitrogen and oxygen atoms in total. The predicted octanol–water partition coefficient (Wildman–Crippen LogP) is 8.34. The topological polar surface area (TPSA) is 29.1 Å². The molecule has 0 rings (SSSR count). The molecule has 0 fully saturated rings. The first-order chi connectivity index (χ1) is 15.3. The number of hydrogen-bond acceptors (Lipinski definition) is 1. The molecule has 1 N–H and O–H groups in total. The van der Waals surface area contributed by atoms with E-state index in [-0.39, 0.29) is 5.91 Å². The van der Waals surface area contributed by atoms with E-state index < -0.39 is 0 Å². The summed E-state index contributed by atoms with van der Waals surface area (Å²) in [6, 6.07) is 0. The van der Waals surface area contributed by atoms with Crippen molar-refractivity contribution < 1.29 is 4.79 Å². The summed E-state index contributed by atoms with van der Waals surface area (Å²) in [7, 11) is 0. The van der Waals surface area contributed by atoms with Crippen molar-refractivity contribution in [3.05, 3.63) is 0 Å². The van der Waals surface area contributed by atoms with Crippen molar-refractivity contribution in [3.8, 4) is 23.7 Å². The van der Waals surface area contributed by atoms with Crippen LogP contribution in [0.2, 0.25) is 0 Å². The number of hydrogen-bond donors (Lipinski definition) is 1. The van der Waals surface area contributed by atoms with E-state index in [1.807, 2.05) is 0 Å². The van der Waals surface area contributed by atoms with E-state index >= 15 is 0 Å². The lowest BCUT2D eigenvalue weighted by Crippen LogP contribution is -2.23. The molecule has 31 heavy (non-hydrogen) atoms. The van der Waals surface area contributed by atoms with E-state index in [1.54, 1.807) is 0 Å². The molecule has 178 valence electrons. The van der Waals surface area contributed by atoms with Gasteiger partial charge < -0.3 is 5.32 Å². The van der Waals surface area contributed by atoms with Gasteiger partial charge in [-0.15, -0.1) is 0 Å². The zero-order chi connectivity index (χ0) is 22.7. The first kappa shape index (κ1) is 29.6. The lowest BCUT2D eigenvalue weighted by molar-refractivity contribution is -0.121. The van der Waals surface area contributed by atoms with Gasteiger partial charge in [0.1, 0.15) is 0 Å². The van der Waals surface area contributed by atoms with Crippen molar-refractivity contribution in [2.24, 2.45) is 0 Å². The van der Waals surface area contributed by atoms with Crippen molar-refractivity contribution in [3.63, 3.8) is 0 Å². The zero-order valence-corrected chi connectivity index (χ0v) is 21.0. The Kier molecular flexibility index (Phi) is 25.4. The maximum Gasteiger partial charge on any atom is 0.219 e. The van der Waals surface area contributed by atoms with E-state index in [0.717, 1.165) is 45.1 Å². The number of rotatable bonds is 21. The molecule has 0 aliphatic carbocycles. The second kappa shape index (κ2) is 26.6. The number of carbonyl (C=O) groups excluding carboxylic acids is 1. The van der Waals surface area contributed by atoms with Crippen LogP contribution < -0.4 is 5.32 Å². The quantitative estimate of drug-likeness (QED) is 0.144. The minimum absolute atomic E-state index is 0.220. The second-order valence-electron chi connectivity index (χ2n) is 8.86. The Morgan fingerprint density at radius 1 is 0.548 bits per heavy atom. The van der Waals surface area contributed by atoms with Gasteiger partial charge in [0.2, 0.25) is 5.91 Å². The molecule has 0 aliphatic rings. The van der Waals surface area contributed by atoms with Gasteiger partial charge in [-0.25, -0.2) is 0 Å². The molecule has 0 unspecified atom stereocenters. The van der Waals surface area contributed by atoms with E-state index in [4.69, 9.17) is 0 Å². The third kappa shape index (κ3) is 26.6. The monoisotopic (exact) mass is 429 g/mol. The fourth-order valence-electron chi connectivity index (χ4n) is 3.61. The van der Waals surface area contributed by atoms with Crippen LogP contribution in [0.3, 0.4) is 0 Å². The minimum atomic E-state index is 0.220. The maximum absolute atomic E-state index is 11.6. The third-order valence-electron chi connectivity index (χ3n) is 5.70. The number of nitrogens with one attached hydrogen (secondary N) is 1. The molecular formula is C29H51NO. The molecule has 1 amide bonds. The van der Waals surface area contributed by atoms with Gasteiger partial charge in [0.25, 0.3) is 0 Å². The molecule has 0 aliphatic heterocycles. The normalized spacial score (nSPS) is 10.1. The first-order valence-electron chi connectivity index (χ1n) is 13.5. The van der Waals surface area contributed by atoms with Gasteiger partial charge in [-0.3, -0.25) is 4.79 Å². The van der Waals surface area contributed by atoms with Crippen molar-refractivity contribution in [2.45, 2.75) is 149 Å². The highest BCUT2D eigenvalue weighted by atomic mass is 16.1. The van der Waals surface area contributed by atoms with E-state index in [2.05, 4.69) is 42.8 Å². The van der Waals surface area contributed by atoms with Gasteiger partial charge in [0.05, 0.1) is 0 Å². The molecule has 0 saturated heterocycles. The third-order valence-corrected chi connectivity index (χ3v) is 5.70. The lowest BCUT2D eigenvalue weighted by Gasteiger charge is -2.04. The smallest absolute Gasteiger partial charge is 0.219 e. The highest BCUT2D eigenvalue weighted by molar-refractivity contribution is 5.75. The molecule has 0 aromatic rings. The second-order valence-corrected chi connectivity index (χ2v) is 8.86. The molecule has 0 heterocycles. The Balaban J connectivity index is 3.29. The van der Waals surface area contributed by atoms with Crippen LogP contribution in [0, 0.1) is 23.7 Å². The number of amides is 1. The van der Waals surface area contributed by atoms with Crippen LogP contribution in [0.15, 0.2) is 0 Å². The van der Waals surface area contributed by atoms with Gasteiger partial charge in [0, 0.05) is 25.8 Å². The molecule has 0 atom stereocenters. The Morgan fingerprint density at radius 2 is 0.968 bits per heavy atom. The largest absolute Gasteiger partial charge is 0.356 e. The average Bonchev–Trinajstić information content (AvgIpc) is 2.77. The van der Waals surface area contributed by atoms with Crippen LogP contribution in [0.1, 0.15) is 149 Å². The first-order valence-corrected chi connectivity index (χ1v) is 13.5. The van der Waals surface area contributed by atoms with E-state index in [9.17, 15) is 4.79 Å². The lowest BCUT2D eigenvalue weighted by atomic mass is 10.1. The van der Waals surface area contributed by atoms with Gasteiger partial charge in [0.15, 0.2) is 0 Å². The summed E-state index contributed by atoms with van der Waals surface area (Å²) in [5.74, 6) is 12.6. The van der Waals surface area contributed by atoms with Crippen LogP contribution in [-0.4, -0.2) is 12.5 Å². The van der Waals surface area contributed by atoms with Gasteiger partial charge in [-0.05, 0) is 37.5 Å². The summed E-state index contributed by atoms with van der Waals surface area (Å²) < 4.78 is 0. The summed E-state index contributed by atoms with van der Waals surface area (Å²) in [4.78, 5) is 11.6. The molecule has 0 aromatic heterocycles. The Morgan fingerprint density at radius 3 is 1.45 bits per heavy atom. The summed E-state index contributed by atoms with van der Waals surface area (Å²) in [5, 5.41) is 2.98. The molecule has 0 radical (unpaired) electrons. The van der Waals surface area contributed by atoms with Crippen molar-refractivity contribution in [2.75, 3.05) is 6.54 Å². The molecule has 0 saturated carbocycles. The minimum Gasteiger partial charge on any atom is -0.356 e. The summed E-state index contributed by atoms with van der Waals surface area (Å²) in [5.41, 5.74) is 0. The fourth-order valence-corrected chi connectivity index (χ4v) is 3.61. The Labute approximate surface area is 195 Å². The van der Waals surface area contributed by atoms with E-state index in [1.165, 1.54) is 89.9 Å². The van der Waals surface area contributed by atoms with Crippen molar-refractivity contribution in [1.29, 1.82) is 0 Å². The molecule has 2 heteroatoms. The standard InChI is InChI=1S/C29H51NO/c1-3-5-7-8-9-10-11-12-13-14-15-16-17-18-19-20-21-22-23-24-25-26-27-29(31)30-28-6-4-2/h3-15,20-28H2,1-2H3,(H,30,31). The van der Waals surface area contributed by atoms with Crippen LogP contribution >= 0.6 is 0 Å². The maximum atomic E-state index is 11.6. The Bertz CT molecular complexity index is 502. The average molecular weight is 430 g/mol. The highest BCUT2D eigenvalue weighted by Crippen LogP contribution is 2.11. The van der Waals surface area contributed by atoms with E-state index in [0.29, 0.717) is 6.42 Å². The predicted molar refractivity (Wildman–Crippen MR) is 137 cm³/mol. The SMILES string of the molecule is CCCCCCCCCCCCC#CC#CCCCCCCCCC(=O)NCCCC. The Hall–Kier alpha value is -1.41. The van der Waals surface area contributed by atoms with Crippen LogP contribution in [0.25, 0.3) is 0 Å². The molecule has 0 bridgehead atoms.